The molecule has 0 saturated carbocycles. The molecule has 0 amide bonds. The molecular formula is C11H8ClF3O. The first kappa shape index (κ1) is 12.8. The minimum Gasteiger partial charge on any atom is -0.289 e. The molecule has 0 aliphatic carbocycles. The number of halogens is 4. The fraction of sp³-hybridized carbons (Fsp3) is 0.182. The van der Waals surface area contributed by atoms with Gasteiger partial charge in [-0.05, 0) is 30.3 Å². The highest BCUT2D eigenvalue weighted by atomic mass is 35.5. The molecule has 0 bridgehead atoms. The van der Waals surface area contributed by atoms with Gasteiger partial charge in [0.15, 0.2) is 5.78 Å². The van der Waals surface area contributed by atoms with Crippen LogP contribution in [0.5, 0.6) is 0 Å². The quantitative estimate of drug-likeness (QED) is 0.583. The molecule has 0 spiro atoms. The summed E-state index contributed by atoms with van der Waals surface area (Å²) in [7, 11) is 0. The van der Waals surface area contributed by atoms with E-state index in [0.29, 0.717) is 10.6 Å². The van der Waals surface area contributed by atoms with Crippen LogP contribution in [0.25, 0.3) is 0 Å². The van der Waals surface area contributed by atoms with Crippen LogP contribution in [0.15, 0.2) is 36.4 Å². The lowest BCUT2D eigenvalue weighted by Crippen LogP contribution is -2.04. The van der Waals surface area contributed by atoms with Crippen LogP contribution in [0.2, 0.25) is 5.02 Å². The maximum absolute atomic E-state index is 11.8. The number of ketones is 1. The maximum atomic E-state index is 11.8. The minimum absolute atomic E-state index is 0.308. The van der Waals surface area contributed by atoms with Crippen LogP contribution in [-0.2, 0) is 0 Å². The molecule has 0 aliphatic rings. The van der Waals surface area contributed by atoms with Gasteiger partial charge < -0.3 is 0 Å². The molecule has 1 nitrogen and oxygen atoms in total. The summed E-state index contributed by atoms with van der Waals surface area (Å²) in [5, 5.41) is 0.468. The van der Waals surface area contributed by atoms with Crippen molar-refractivity contribution in [3.8, 4) is 0 Å². The maximum Gasteiger partial charge on any atom is 0.392 e. The van der Waals surface area contributed by atoms with Crippen molar-refractivity contribution in [2.45, 2.75) is 12.6 Å². The second-order valence-electron chi connectivity index (χ2n) is 3.09. The second kappa shape index (κ2) is 5.16. The van der Waals surface area contributed by atoms with Crippen molar-refractivity contribution in [2.75, 3.05) is 0 Å². The zero-order chi connectivity index (χ0) is 12.2. The van der Waals surface area contributed by atoms with Crippen molar-refractivity contribution >= 4 is 17.4 Å². The van der Waals surface area contributed by atoms with E-state index in [1.807, 2.05) is 0 Å². The van der Waals surface area contributed by atoms with E-state index in [1.165, 1.54) is 24.3 Å². The molecule has 0 atom stereocenters. The Labute approximate surface area is 95.5 Å². The molecule has 0 N–H and O–H groups in total. The molecule has 86 valence electrons. The highest BCUT2D eigenvalue weighted by molar-refractivity contribution is 6.30. The van der Waals surface area contributed by atoms with Crippen LogP contribution in [0.4, 0.5) is 13.2 Å². The summed E-state index contributed by atoms with van der Waals surface area (Å²) in [5.74, 6) is -0.471. The van der Waals surface area contributed by atoms with Crippen molar-refractivity contribution in [2.24, 2.45) is 0 Å². The largest absolute Gasteiger partial charge is 0.392 e. The van der Waals surface area contributed by atoms with E-state index in [9.17, 15) is 18.0 Å². The lowest BCUT2D eigenvalue weighted by Gasteiger charge is -2.00. The Morgan fingerprint density at radius 1 is 1.25 bits per heavy atom. The summed E-state index contributed by atoms with van der Waals surface area (Å²) in [6.07, 6.45) is -3.67. The summed E-state index contributed by atoms with van der Waals surface area (Å²) < 4.78 is 35.3. The first-order valence-corrected chi connectivity index (χ1v) is 4.79. The summed E-state index contributed by atoms with van der Waals surface area (Å²) in [4.78, 5) is 11.3. The monoisotopic (exact) mass is 248 g/mol. The Balaban J connectivity index is 2.62. The SMILES string of the molecule is O=C(/C=C/CC(F)(F)F)c1ccc(Cl)cc1. The van der Waals surface area contributed by atoms with Crippen LogP contribution < -0.4 is 0 Å². The van der Waals surface area contributed by atoms with Gasteiger partial charge in [0.05, 0.1) is 6.42 Å². The summed E-state index contributed by atoms with van der Waals surface area (Å²) in [5.41, 5.74) is 0.308. The zero-order valence-electron chi connectivity index (χ0n) is 8.09. The van der Waals surface area contributed by atoms with E-state index >= 15 is 0 Å². The molecule has 0 heterocycles. The van der Waals surface area contributed by atoms with Crippen molar-refractivity contribution in [3.05, 3.63) is 47.0 Å². The summed E-state index contributed by atoms with van der Waals surface area (Å²) in [6.45, 7) is 0. The number of allylic oxidation sites excluding steroid dienone is 2. The van der Waals surface area contributed by atoms with Gasteiger partial charge in [-0.2, -0.15) is 13.2 Å². The molecule has 0 unspecified atom stereocenters. The van der Waals surface area contributed by atoms with Gasteiger partial charge in [-0.25, -0.2) is 0 Å². The molecule has 1 rings (SSSR count). The third kappa shape index (κ3) is 4.49. The summed E-state index contributed by atoms with van der Waals surface area (Å²) >= 11 is 5.60. The first-order chi connectivity index (χ1) is 7.38. The molecular weight excluding hydrogens is 241 g/mol. The highest BCUT2D eigenvalue weighted by Gasteiger charge is 2.24. The lowest BCUT2D eigenvalue weighted by molar-refractivity contribution is -0.125. The normalized spacial score (nSPS) is 12.0. The molecule has 0 fully saturated rings. The molecule has 1 aromatic rings. The van der Waals surface area contributed by atoms with Gasteiger partial charge >= 0.3 is 6.18 Å². The van der Waals surface area contributed by atoms with Gasteiger partial charge in [0.2, 0.25) is 0 Å². The van der Waals surface area contributed by atoms with Gasteiger partial charge in [-0.15, -0.1) is 0 Å². The number of hydrogen-bond acceptors (Lipinski definition) is 1. The minimum atomic E-state index is -4.28. The number of hydrogen-bond donors (Lipinski definition) is 0. The van der Waals surface area contributed by atoms with Gasteiger partial charge in [0, 0.05) is 10.6 Å². The van der Waals surface area contributed by atoms with Crippen LogP contribution in [0.3, 0.4) is 0 Å². The molecule has 1 aromatic carbocycles. The van der Waals surface area contributed by atoms with Crippen LogP contribution in [0, 0.1) is 0 Å². The number of rotatable bonds is 3. The Kier molecular flexibility index (Phi) is 4.12. The number of alkyl halides is 3. The van der Waals surface area contributed by atoms with E-state index in [-0.39, 0.29) is 0 Å². The molecule has 0 aliphatic heterocycles. The van der Waals surface area contributed by atoms with E-state index in [1.54, 1.807) is 0 Å². The smallest absolute Gasteiger partial charge is 0.289 e. The van der Waals surface area contributed by atoms with Crippen LogP contribution in [-0.4, -0.2) is 12.0 Å². The molecule has 0 aromatic heterocycles. The Morgan fingerprint density at radius 3 is 2.31 bits per heavy atom. The Hall–Kier alpha value is -1.29. The molecule has 0 radical (unpaired) electrons. The average molecular weight is 249 g/mol. The van der Waals surface area contributed by atoms with Crippen molar-refractivity contribution in [3.63, 3.8) is 0 Å². The Morgan fingerprint density at radius 2 is 1.81 bits per heavy atom. The van der Waals surface area contributed by atoms with Crippen molar-refractivity contribution in [1.82, 2.24) is 0 Å². The molecule has 0 saturated heterocycles. The van der Waals surface area contributed by atoms with E-state index < -0.39 is 18.4 Å². The molecule has 16 heavy (non-hydrogen) atoms. The fourth-order valence-electron chi connectivity index (χ4n) is 1.01. The number of carbonyl (C=O) groups is 1. The van der Waals surface area contributed by atoms with Gasteiger partial charge in [-0.1, -0.05) is 17.7 Å². The van der Waals surface area contributed by atoms with Gasteiger partial charge in [-0.3, -0.25) is 4.79 Å². The predicted octanol–water partition coefficient (Wildman–Crippen LogP) is 4.03. The van der Waals surface area contributed by atoms with E-state index in [2.05, 4.69) is 0 Å². The standard InChI is InChI=1S/C11H8ClF3O/c12-9-5-3-8(4-6-9)10(16)2-1-7-11(13,14)15/h1-6H,7H2/b2-1+. The fourth-order valence-corrected chi connectivity index (χ4v) is 1.14. The highest BCUT2D eigenvalue weighted by Crippen LogP contribution is 2.20. The number of carbonyl (C=O) groups excluding carboxylic acids is 1. The Bertz CT molecular complexity index is 393. The van der Waals surface area contributed by atoms with E-state index in [0.717, 1.165) is 12.2 Å². The lowest BCUT2D eigenvalue weighted by atomic mass is 10.1. The van der Waals surface area contributed by atoms with Gasteiger partial charge in [0.25, 0.3) is 0 Å². The second-order valence-corrected chi connectivity index (χ2v) is 3.53. The molecule has 5 heteroatoms. The third-order valence-corrected chi connectivity index (χ3v) is 2.00. The first-order valence-electron chi connectivity index (χ1n) is 4.42. The third-order valence-electron chi connectivity index (χ3n) is 1.75. The van der Waals surface area contributed by atoms with Crippen molar-refractivity contribution < 1.29 is 18.0 Å². The van der Waals surface area contributed by atoms with E-state index in [4.69, 9.17) is 11.6 Å². The topological polar surface area (TPSA) is 17.1 Å². The van der Waals surface area contributed by atoms with Gasteiger partial charge in [0.1, 0.15) is 0 Å². The zero-order valence-corrected chi connectivity index (χ0v) is 8.85. The van der Waals surface area contributed by atoms with Crippen LogP contribution >= 0.6 is 11.6 Å². The number of benzene rings is 1. The van der Waals surface area contributed by atoms with Crippen molar-refractivity contribution in [1.29, 1.82) is 0 Å². The predicted molar refractivity (Wildman–Crippen MR) is 55.6 cm³/mol. The summed E-state index contributed by atoms with van der Waals surface area (Å²) in [6, 6.07) is 5.93. The average Bonchev–Trinajstić information content (AvgIpc) is 2.16. The van der Waals surface area contributed by atoms with Crippen LogP contribution in [0.1, 0.15) is 16.8 Å².